The van der Waals surface area contributed by atoms with Crippen LogP contribution in [0.25, 0.3) is 0 Å². The quantitative estimate of drug-likeness (QED) is 0.858. The van der Waals surface area contributed by atoms with Crippen molar-refractivity contribution >= 4 is 21.6 Å². The van der Waals surface area contributed by atoms with Crippen molar-refractivity contribution in [1.29, 1.82) is 0 Å². The van der Waals surface area contributed by atoms with E-state index in [4.69, 9.17) is 4.74 Å². The molecule has 0 atom stereocenters. The summed E-state index contributed by atoms with van der Waals surface area (Å²) in [7, 11) is -2.13. The summed E-state index contributed by atoms with van der Waals surface area (Å²) in [6.45, 7) is 0. The summed E-state index contributed by atoms with van der Waals surface area (Å²) in [5.41, 5.74) is 1.60. The molecule has 2 N–H and O–H groups in total. The third-order valence-electron chi connectivity index (χ3n) is 4.71. The molecule has 0 aromatic heterocycles. The van der Waals surface area contributed by atoms with Crippen molar-refractivity contribution in [2.75, 3.05) is 12.4 Å². The summed E-state index contributed by atoms with van der Waals surface area (Å²) in [6.07, 6.45) is 1.64. The smallest absolute Gasteiger partial charge is 0.241 e. The molecule has 1 aliphatic heterocycles. The fourth-order valence-corrected chi connectivity index (χ4v) is 4.77. The maximum atomic E-state index is 12.9. The summed E-state index contributed by atoms with van der Waals surface area (Å²) in [5.74, 6) is 0.552. The van der Waals surface area contributed by atoms with Gasteiger partial charge in [-0.25, -0.2) is 13.1 Å². The summed E-state index contributed by atoms with van der Waals surface area (Å²) in [5, 5.41) is 2.71. The van der Waals surface area contributed by atoms with Crippen LogP contribution < -0.4 is 14.8 Å². The first-order valence-electron chi connectivity index (χ1n) is 8.04. The largest absolute Gasteiger partial charge is 0.496 e. The van der Waals surface area contributed by atoms with Gasteiger partial charge in [0.2, 0.25) is 15.9 Å². The average molecular weight is 358 g/mol. The number of fused-ring (bicyclic) bond motifs is 1. The van der Waals surface area contributed by atoms with Crippen LogP contribution in [-0.2, 0) is 26.8 Å². The average Bonchev–Trinajstić information content (AvgIpc) is 3.25. The zero-order chi connectivity index (χ0) is 17.7. The van der Waals surface area contributed by atoms with E-state index < -0.39 is 15.6 Å². The maximum absolute atomic E-state index is 12.9. The van der Waals surface area contributed by atoms with Crippen LogP contribution in [0.1, 0.15) is 24.0 Å². The van der Waals surface area contributed by atoms with Gasteiger partial charge in [0, 0.05) is 11.3 Å². The highest BCUT2D eigenvalue weighted by Gasteiger charge is 2.49. The Morgan fingerprint density at radius 1 is 1.16 bits per heavy atom. The lowest BCUT2D eigenvalue weighted by Gasteiger charge is -2.20. The second-order valence-electron chi connectivity index (χ2n) is 6.43. The van der Waals surface area contributed by atoms with Crippen LogP contribution in [0.3, 0.4) is 0 Å². The molecule has 0 saturated heterocycles. The third kappa shape index (κ3) is 2.79. The van der Waals surface area contributed by atoms with Crippen molar-refractivity contribution in [3.63, 3.8) is 0 Å². The van der Waals surface area contributed by atoms with Crippen molar-refractivity contribution in [3.8, 4) is 5.75 Å². The molecule has 2 aromatic rings. The van der Waals surface area contributed by atoms with Crippen LogP contribution in [0, 0.1) is 0 Å². The molecular formula is C18H18N2O4S. The van der Waals surface area contributed by atoms with E-state index in [2.05, 4.69) is 10.0 Å². The predicted octanol–water partition coefficient (Wildman–Crippen LogP) is 2.16. The van der Waals surface area contributed by atoms with Gasteiger partial charge in [-0.05, 0) is 42.7 Å². The van der Waals surface area contributed by atoms with Crippen LogP contribution in [-0.4, -0.2) is 21.4 Å². The highest BCUT2D eigenvalue weighted by Crippen LogP contribution is 2.49. The Bertz CT molecular complexity index is 965. The van der Waals surface area contributed by atoms with Gasteiger partial charge in [-0.15, -0.1) is 0 Å². The molecule has 2 aliphatic rings. The highest BCUT2D eigenvalue weighted by atomic mass is 32.2. The molecule has 0 spiro atoms. The zero-order valence-corrected chi connectivity index (χ0v) is 14.5. The Kier molecular flexibility index (Phi) is 3.59. The number of ether oxygens (including phenoxy) is 1. The van der Waals surface area contributed by atoms with E-state index in [1.54, 1.807) is 19.2 Å². The van der Waals surface area contributed by atoms with Gasteiger partial charge in [0.05, 0.1) is 24.0 Å². The molecule has 0 bridgehead atoms. The van der Waals surface area contributed by atoms with Gasteiger partial charge in [0.25, 0.3) is 0 Å². The lowest BCUT2D eigenvalue weighted by Crippen LogP contribution is -2.35. The Morgan fingerprint density at radius 3 is 2.64 bits per heavy atom. The van der Waals surface area contributed by atoms with E-state index in [1.165, 1.54) is 6.07 Å². The Balaban J connectivity index is 1.66. The minimum absolute atomic E-state index is 0.120. The first-order valence-corrected chi connectivity index (χ1v) is 9.52. The SMILES string of the molecule is COc1ccccc1C1(NS(=O)(=O)c2ccc3c(c2)CC(=O)N3)CC1. The number of amides is 1. The van der Waals surface area contributed by atoms with E-state index in [0.29, 0.717) is 17.0 Å². The number of hydrogen-bond donors (Lipinski definition) is 2. The van der Waals surface area contributed by atoms with E-state index in [-0.39, 0.29) is 17.2 Å². The minimum atomic E-state index is -3.71. The standard InChI is InChI=1S/C18H18N2O4S/c1-24-16-5-3-2-4-14(16)18(8-9-18)20-25(22,23)13-6-7-15-12(10-13)11-17(21)19-15/h2-7,10,20H,8-9,11H2,1H3,(H,19,21). The number of nitrogens with one attached hydrogen (secondary N) is 2. The molecule has 1 fully saturated rings. The van der Waals surface area contributed by atoms with Gasteiger partial charge in [0.15, 0.2) is 0 Å². The molecular weight excluding hydrogens is 340 g/mol. The Morgan fingerprint density at radius 2 is 1.92 bits per heavy atom. The lowest BCUT2D eigenvalue weighted by atomic mass is 10.1. The molecule has 25 heavy (non-hydrogen) atoms. The number of para-hydroxylation sites is 1. The first kappa shape index (κ1) is 16.1. The number of anilines is 1. The molecule has 2 aromatic carbocycles. The molecule has 1 saturated carbocycles. The topological polar surface area (TPSA) is 84.5 Å². The second kappa shape index (κ2) is 5.57. The van der Waals surface area contributed by atoms with E-state index in [0.717, 1.165) is 18.4 Å². The number of benzene rings is 2. The zero-order valence-electron chi connectivity index (χ0n) is 13.7. The fourth-order valence-electron chi connectivity index (χ4n) is 3.28. The van der Waals surface area contributed by atoms with Crippen LogP contribution >= 0.6 is 0 Å². The Hall–Kier alpha value is -2.38. The van der Waals surface area contributed by atoms with E-state index >= 15 is 0 Å². The minimum Gasteiger partial charge on any atom is -0.496 e. The normalized spacial score (nSPS) is 17.7. The van der Waals surface area contributed by atoms with Gasteiger partial charge >= 0.3 is 0 Å². The van der Waals surface area contributed by atoms with Crippen LogP contribution in [0.15, 0.2) is 47.4 Å². The summed E-state index contributed by atoms with van der Waals surface area (Å²) in [6, 6.07) is 12.2. The van der Waals surface area contributed by atoms with Crippen LogP contribution in [0.4, 0.5) is 5.69 Å². The van der Waals surface area contributed by atoms with Gasteiger partial charge in [0.1, 0.15) is 5.75 Å². The molecule has 130 valence electrons. The fraction of sp³-hybridized carbons (Fsp3) is 0.278. The molecule has 6 nitrogen and oxygen atoms in total. The van der Waals surface area contributed by atoms with Gasteiger partial charge in [-0.1, -0.05) is 18.2 Å². The van der Waals surface area contributed by atoms with Crippen molar-refractivity contribution in [3.05, 3.63) is 53.6 Å². The number of sulfonamides is 1. The van der Waals surface area contributed by atoms with Gasteiger partial charge < -0.3 is 10.1 Å². The molecule has 0 radical (unpaired) electrons. The number of carbonyl (C=O) groups excluding carboxylic acids is 1. The molecule has 0 unspecified atom stereocenters. The summed E-state index contributed by atoms with van der Waals surface area (Å²) < 4.78 is 34.0. The van der Waals surface area contributed by atoms with Crippen LogP contribution in [0.2, 0.25) is 0 Å². The van der Waals surface area contributed by atoms with Crippen molar-refractivity contribution in [1.82, 2.24) is 4.72 Å². The first-order chi connectivity index (χ1) is 11.9. The summed E-state index contributed by atoms with van der Waals surface area (Å²) >= 11 is 0. The Labute approximate surface area is 146 Å². The molecule has 1 amide bonds. The molecule has 7 heteroatoms. The van der Waals surface area contributed by atoms with Crippen molar-refractivity contribution < 1.29 is 17.9 Å². The number of rotatable bonds is 5. The van der Waals surface area contributed by atoms with Gasteiger partial charge in [-0.2, -0.15) is 0 Å². The highest BCUT2D eigenvalue weighted by molar-refractivity contribution is 7.89. The van der Waals surface area contributed by atoms with Crippen LogP contribution in [0.5, 0.6) is 5.75 Å². The van der Waals surface area contributed by atoms with E-state index in [9.17, 15) is 13.2 Å². The number of methoxy groups -OCH3 is 1. The van der Waals surface area contributed by atoms with Crippen molar-refractivity contribution in [2.24, 2.45) is 0 Å². The van der Waals surface area contributed by atoms with Crippen molar-refractivity contribution in [2.45, 2.75) is 29.7 Å². The monoisotopic (exact) mass is 358 g/mol. The van der Waals surface area contributed by atoms with E-state index in [1.807, 2.05) is 24.3 Å². The molecule has 4 rings (SSSR count). The summed E-state index contributed by atoms with van der Waals surface area (Å²) in [4.78, 5) is 11.6. The molecule has 1 aliphatic carbocycles. The number of carbonyl (C=O) groups is 1. The number of hydrogen-bond acceptors (Lipinski definition) is 4. The second-order valence-corrected chi connectivity index (χ2v) is 8.11. The predicted molar refractivity (Wildman–Crippen MR) is 93.0 cm³/mol. The third-order valence-corrected chi connectivity index (χ3v) is 6.25. The maximum Gasteiger partial charge on any atom is 0.241 e. The molecule has 1 heterocycles. The lowest BCUT2D eigenvalue weighted by molar-refractivity contribution is -0.115. The van der Waals surface area contributed by atoms with Gasteiger partial charge in [-0.3, -0.25) is 4.79 Å².